The summed E-state index contributed by atoms with van der Waals surface area (Å²) in [5.74, 6) is -4.12. The lowest BCUT2D eigenvalue weighted by Gasteiger charge is -2.13. The summed E-state index contributed by atoms with van der Waals surface area (Å²) in [6, 6.07) is 4.65. The lowest BCUT2D eigenvalue weighted by molar-refractivity contribution is -0.158. The zero-order valence-electron chi connectivity index (χ0n) is 12.5. The van der Waals surface area contributed by atoms with E-state index in [-0.39, 0.29) is 5.56 Å². The molecule has 0 aliphatic carbocycles. The van der Waals surface area contributed by atoms with E-state index in [1.54, 1.807) is 12.1 Å². The van der Waals surface area contributed by atoms with Gasteiger partial charge in [-0.3, -0.25) is 4.79 Å². The van der Waals surface area contributed by atoms with Gasteiger partial charge in [0.2, 0.25) is 6.04 Å². The van der Waals surface area contributed by atoms with Crippen molar-refractivity contribution in [2.75, 3.05) is 7.11 Å². The molecule has 1 atom stereocenters. The number of aromatic nitrogens is 2. The minimum absolute atomic E-state index is 0.199. The van der Waals surface area contributed by atoms with E-state index in [0.29, 0.717) is 0 Å². The monoisotopic (exact) mass is 343 g/mol. The summed E-state index contributed by atoms with van der Waals surface area (Å²) in [6.45, 7) is 1.82. The van der Waals surface area contributed by atoms with Crippen LogP contribution in [0.5, 0.6) is 0 Å². The zero-order valence-corrected chi connectivity index (χ0v) is 12.5. The molecule has 0 saturated carbocycles. The van der Waals surface area contributed by atoms with Crippen LogP contribution in [0.3, 0.4) is 0 Å². The lowest BCUT2D eigenvalue weighted by atomic mass is 10.1. The van der Waals surface area contributed by atoms with Crippen LogP contribution >= 0.6 is 0 Å². The van der Waals surface area contributed by atoms with Gasteiger partial charge in [0.1, 0.15) is 0 Å². The van der Waals surface area contributed by atoms with Gasteiger partial charge < -0.3 is 14.5 Å². The number of esters is 1. The summed E-state index contributed by atoms with van der Waals surface area (Å²) >= 11 is 0. The Morgan fingerprint density at radius 2 is 1.83 bits per heavy atom. The SMILES string of the molecule is COC(=O)[C@H](NC(=O)c1ccc(C)cc1)c1nnc(C(F)(F)F)o1. The molecule has 1 heterocycles. The average Bonchev–Trinajstić information content (AvgIpc) is 3.02. The van der Waals surface area contributed by atoms with Crippen LogP contribution in [-0.2, 0) is 15.7 Å². The molecular formula is C14H12F3N3O4. The van der Waals surface area contributed by atoms with Crippen molar-refractivity contribution in [2.45, 2.75) is 19.1 Å². The Labute approximate surface area is 133 Å². The Kier molecular flexibility index (Phi) is 4.86. The first-order valence-electron chi connectivity index (χ1n) is 6.58. The first-order valence-corrected chi connectivity index (χ1v) is 6.58. The quantitative estimate of drug-likeness (QED) is 0.854. The van der Waals surface area contributed by atoms with Crippen molar-refractivity contribution < 1.29 is 31.9 Å². The molecule has 24 heavy (non-hydrogen) atoms. The number of carbonyl (C=O) groups excluding carboxylic acids is 2. The normalized spacial score (nSPS) is 12.5. The molecule has 0 bridgehead atoms. The third kappa shape index (κ3) is 3.89. The van der Waals surface area contributed by atoms with Crippen molar-refractivity contribution in [2.24, 2.45) is 0 Å². The molecule has 7 nitrogen and oxygen atoms in total. The number of amides is 1. The lowest BCUT2D eigenvalue weighted by Crippen LogP contribution is -2.34. The van der Waals surface area contributed by atoms with Gasteiger partial charge in [0, 0.05) is 5.56 Å². The predicted octanol–water partition coefficient (Wildman–Crippen LogP) is 2.04. The molecule has 1 amide bonds. The fourth-order valence-corrected chi connectivity index (χ4v) is 1.72. The average molecular weight is 343 g/mol. The van der Waals surface area contributed by atoms with Gasteiger partial charge in [-0.15, -0.1) is 10.2 Å². The van der Waals surface area contributed by atoms with E-state index < -0.39 is 35.9 Å². The molecule has 0 spiro atoms. The van der Waals surface area contributed by atoms with Crippen LogP contribution in [0.25, 0.3) is 0 Å². The summed E-state index contributed by atoms with van der Waals surface area (Å²) in [5.41, 5.74) is 1.10. The standard InChI is InChI=1S/C14H12F3N3O4/c1-7-3-5-8(6-4-7)10(21)18-9(12(22)23-2)11-19-20-13(24-11)14(15,16)17/h3-6,9H,1-2H3,(H,18,21)/t9-/m1/s1. The molecule has 1 aromatic heterocycles. The number of carbonyl (C=O) groups is 2. The van der Waals surface area contributed by atoms with E-state index in [0.717, 1.165) is 12.7 Å². The summed E-state index contributed by atoms with van der Waals surface area (Å²) in [5, 5.41) is 8.18. The third-order valence-electron chi connectivity index (χ3n) is 2.96. The van der Waals surface area contributed by atoms with Gasteiger partial charge in [0.15, 0.2) is 0 Å². The van der Waals surface area contributed by atoms with Gasteiger partial charge in [-0.05, 0) is 19.1 Å². The van der Waals surface area contributed by atoms with E-state index in [2.05, 4.69) is 24.7 Å². The van der Waals surface area contributed by atoms with Crippen molar-refractivity contribution in [1.29, 1.82) is 0 Å². The highest BCUT2D eigenvalue weighted by Gasteiger charge is 2.40. The van der Waals surface area contributed by atoms with E-state index >= 15 is 0 Å². The maximum Gasteiger partial charge on any atom is 0.470 e. The molecule has 1 aromatic carbocycles. The smallest absolute Gasteiger partial charge is 0.467 e. The van der Waals surface area contributed by atoms with Crippen LogP contribution in [0, 0.1) is 6.92 Å². The molecule has 1 N–H and O–H groups in total. The van der Waals surface area contributed by atoms with Gasteiger partial charge in [-0.25, -0.2) is 4.79 Å². The van der Waals surface area contributed by atoms with Crippen LogP contribution in [-0.4, -0.2) is 29.2 Å². The summed E-state index contributed by atoms with van der Waals surface area (Å²) in [6.07, 6.45) is -4.87. The van der Waals surface area contributed by atoms with Crippen LogP contribution in [0.1, 0.15) is 33.7 Å². The number of hydrogen-bond acceptors (Lipinski definition) is 6. The summed E-state index contributed by atoms with van der Waals surface area (Å²) in [4.78, 5) is 23.9. The molecule has 10 heteroatoms. The largest absolute Gasteiger partial charge is 0.470 e. The highest BCUT2D eigenvalue weighted by molar-refractivity contribution is 5.96. The molecule has 2 aromatic rings. The Hall–Kier alpha value is -2.91. The second-order valence-corrected chi connectivity index (χ2v) is 4.74. The molecule has 0 aliphatic heterocycles. The van der Waals surface area contributed by atoms with Gasteiger partial charge in [0.25, 0.3) is 11.8 Å². The number of aryl methyl sites for hydroxylation is 1. The number of hydrogen-bond donors (Lipinski definition) is 1. The fourth-order valence-electron chi connectivity index (χ4n) is 1.72. The number of benzene rings is 1. The number of ether oxygens (including phenoxy) is 1. The van der Waals surface area contributed by atoms with Gasteiger partial charge in [-0.2, -0.15) is 13.2 Å². The van der Waals surface area contributed by atoms with Gasteiger partial charge in [-0.1, -0.05) is 17.7 Å². The van der Waals surface area contributed by atoms with E-state index in [9.17, 15) is 22.8 Å². The molecule has 2 rings (SSSR count). The third-order valence-corrected chi connectivity index (χ3v) is 2.96. The molecule has 0 radical (unpaired) electrons. The number of alkyl halides is 3. The van der Waals surface area contributed by atoms with Gasteiger partial charge in [0.05, 0.1) is 7.11 Å². The Balaban J connectivity index is 2.26. The van der Waals surface area contributed by atoms with Crippen molar-refractivity contribution in [3.63, 3.8) is 0 Å². The second kappa shape index (κ2) is 6.69. The van der Waals surface area contributed by atoms with E-state index in [4.69, 9.17) is 0 Å². The number of rotatable bonds is 4. The van der Waals surface area contributed by atoms with Crippen LogP contribution in [0.2, 0.25) is 0 Å². The first-order chi connectivity index (χ1) is 11.2. The van der Waals surface area contributed by atoms with Crippen LogP contribution in [0.15, 0.2) is 28.7 Å². The summed E-state index contributed by atoms with van der Waals surface area (Å²) in [7, 11) is 1.01. The minimum atomic E-state index is -4.87. The van der Waals surface area contributed by atoms with Crippen molar-refractivity contribution in [3.05, 3.63) is 47.2 Å². The number of nitrogens with zero attached hydrogens (tertiary/aromatic N) is 2. The summed E-state index contributed by atoms with van der Waals surface area (Å²) < 4.78 is 46.4. The van der Waals surface area contributed by atoms with Crippen LogP contribution < -0.4 is 5.32 Å². The second-order valence-electron chi connectivity index (χ2n) is 4.74. The fraction of sp³-hybridized carbons (Fsp3) is 0.286. The van der Waals surface area contributed by atoms with Gasteiger partial charge >= 0.3 is 18.0 Å². The molecule has 0 saturated heterocycles. The van der Waals surface area contributed by atoms with Crippen molar-refractivity contribution in [3.8, 4) is 0 Å². The van der Waals surface area contributed by atoms with E-state index in [1.165, 1.54) is 12.1 Å². The van der Waals surface area contributed by atoms with Crippen molar-refractivity contribution >= 4 is 11.9 Å². The van der Waals surface area contributed by atoms with E-state index in [1.807, 2.05) is 6.92 Å². The Morgan fingerprint density at radius 1 is 1.21 bits per heavy atom. The molecule has 0 fully saturated rings. The number of methoxy groups -OCH3 is 1. The molecular weight excluding hydrogens is 331 g/mol. The van der Waals surface area contributed by atoms with Crippen LogP contribution in [0.4, 0.5) is 13.2 Å². The number of halogens is 3. The van der Waals surface area contributed by atoms with Crippen molar-refractivity contribution in [1.82, 2.24) is 15.5 Å². The maximum absolute atomic E-state index is 12.5. The minimum Gasteiger partial charge on any atom is -0.467 e. The topological polar surface area (TPSA) is 94.3 Å². The highest BCUT2D eigenvalue weighted by atomic mass is 19.4. The highest BCUT2D eigenvalue weighted by Crippen LogP contribution is 2.29. The molecule has 128 valence electrons. The Morgan fingerprint density at radius 3 is 2.33 bits per heavy atom. The Bertz CT molecular complexity index is 740. The molecule has 0 unspecified atom stereocenters. The molecule has 0 aliphatic rings. The maximum atomic E-state index is 12.5. The first kappa shape index (κ1) is 17.4. The zero-order chi connectivity index (χ0) is 17.9. The predicted molar refractivity (Wildman–Crippen MR) is 72.7 cm³/mol. The number of nitrogens with one attached hydrogen (secondary N) is 1.